The summed E-state index contributed by atoms with van der Waals surface area (Å²) in [6.07, 6.45) is 22.3. The fraction of sp³-hybridized carbons (Fsp3) is 0.875. The molecule has 246 valence electrons. The molecule has 10 heteroatoms. The van der Waals surface area contributed by atoms with Crippen LogP contribution in [0.5, 0.6) is 0 Å². The minimum atomic E-state index is 0.0552. The Bertz CT molecular complexity index is 627. The number of rotatable bonds is 31. The second-order valence-electron chi connectivity index (χ2n) is 11.2. The Morgan fingerprint density at radius 3 is 0.976 bits per heavy atom. The molecule has 0 aromatic rings. The number of amides is 4. The Morgan fingerprint density at radius 1 is 0.381 bits per heavy atom. The predicted molar refractivity (Wildman–Crippen MR) is 181 cm³/mol. The maximum absolute atomic E-state index is 12.0. The number of unbranched alkanes of at least 4 members (excludes halogenated alkanes) is 16. The Labute approximate surface area is 265 Å². The standard InChI is InChI=1S/C32H62N4O4S2/c1-29(37)33-23-19-15-11-7-3-5-9-13-17-21-31(39)35-25-27-41-42-28-26-36-32(40)22-18-14-10-6-4-8-12-16-20-24-34-30(2)38/h3-28H2,1-2H3,(H,33,37)(H,34,38)(H,35,39)(H,36,40). The highest BCUT2D eigenvalue weighted by Crippen LogP contribution is 2.19. The van der Waals surface area contributed by atoms with Crippen LogP contribution in [0.25, 0.3) is 0 Å². The van der Waals surface area contributed by atoms with E-state index in [9.17, 15) is 19.2 Å². The van der Waals surface area contributed by atoms with E-state index in [4.69, 9.17) is 0 Å². The Kier molecular flexibility index (Phi) is 31.4. The first-order valence-corrected chi connectivity index (χ1v) is 19.2. The summed E-state index contributed by atoms with van der Waals surface area (Å²) in [6, 6.07) is 0. The molecule has 0 aromatic carbocycles. The molecule has 0 spiro atoms. The van der Waals surface area contributed by atoms with Gasteiger partial charge < -0.3 is 21.3 Å². The molecule has 0 radical (unpaired) electrons. The lowest BCUT2D eigenvalue weighted by Gasteiger charge is -2.07. The third-order valence-electron chi connectivity index (χ3n) is 7.01. The van der Waals surface area contributed by atoms with Gasteiger partial charge in [-0.25, -0.2) is 0 Å². The second-order valence-corrected chi connectivity index (χ2v) is 13.9. The molecule has 0 heterocycles. The quantitative estimate of drug-likeness (QED) is 0.0502. The molecule has 42 heavy (non-hydrogen) atoms. The summed E-state index contributed by atoms with van der Waals surface area (Å²) in [7, 11) is 3.49. The van der Waals surface area contributed by atoms with Crippen LogP contribution < -0.4 is 21.3 Å². The number of carbonyl (C=O) groups is 4. The van der Waals surface area contributed by atoms with Gasteiger partial charge in [-0.2, -0.15) is 0 Å². The van der Waals surface area contributed by atoms with Crippen molar-refractivity contribution < 1.29 is 19.2 Å². The monoisotopic (exact) mass is 630 g/mol. The van der Waals surface area contributed by atoms with Crippen LogP contribution in [-0.4, -0.2) is 61.3 Å². The molecule has 0 bridgehead atoms. The lowest BCUT2D eigenvalue weighted by molar-refractivity contribution is -0.121. The van der Waals surface area contributed by atoms with Gasteiger partial charge in [-0.05, 0) is 25.7 Å². The molecule has 0 aliphatic carbocycles. The van der Waals surface area contributed by atoms with E-state index in [0.29, 0.717) is 25.9 Å². The van der Waals surface area contributed by atoms with Gasteiger partial charge in [0.25, 0.3) is 0 Å². The van der Waals surface area contributed by atoms with E-state index in [-0.39, 0.29) is 23.6 Å². The molecule has 0 aromatic heterocycles. The van der Waals surface area contributed by atoms with Crippen LogP contribution in [0.4, 0.5) is 0 Å². The van der Waals surface area contributed by atoms with Crippen molar-refractivity contribution in [1.29, 1.82) is 0 Å². The molecule has 0 unspecified atom stereocenters. The normalized spacial score (nSPS) is 10.8. The van der Waals surface area contributed by atoms with Crippen molar-refractivity contribution >= 4 is 45.2 Å². The molecular formula is C32H62N4O4S2. The smallest absolute Gasteiger partial charge is 0.220 e. The van der Waals surface area contributed by atoms with Crippen LogP contribution in [0.15, 0.2) is 0 Å². The van der Waals surface area contributed by atoms with Gasteiger partial charge >= 0.3 is 0 Å². The van der Waals surface area contributed by atoms with Crippen LogP contribution >= 0.6 is 21.6 Å². The molecule has 0 saturated heterocycles. The first kappa shape index (κ1) is 40.6. The van der Waals surface area contributed by atoms with Gasteiger partial charge in [0.05, 0.1) is 0 Å². The van der Waals surface area contributed by atoms with E-state index < -0.39 is 0 Å². The highest BCUT2D eigenvalue weighted by Gasteiger charge is 2.03. The van der Waals surface area contributed by atoms with Crippen LogP contribution in [0, 0.1) is 0 Å². The van der Waals surface area contributed by atoms with Crippen LogP contribution in [0.3, 0.4) is 0 Å². The maximum atomic E-state index is 12.0. The average Bonchev–Trinajstić information content (AvgIpc) is 2.95. The zero-order chi connectivity index (χ0) is 30.9. The number of hydrogen-bond acceptors (Lipinski definition) is 6. The maximum Gasteiger partial charge on any atom is 0.220 e. The molecule has 0 aliphatic heterocycles. The van der Waals surface area contributed by atoms with E-state index in [1.807, 2.05) is 0 Å². The molecule has 0 aliphatic rings. The van der Waals surface area contributed by atoms with Crippen molar-refractivity contribution in [3.63, 3.8) is 0 Å². The van der Waals surface area contributed by atoms with Gasteiger partial charge in [-0.15, -0.1) is 0 Å². The van der Waals surface area contributed by atoms with Gasteiger partial charge in [0.1, 0.15) is 0 Å². The number of carbonyl (C=O) groups excluding carboxylic acids is 4. The van der Waals surface area contributed by atoms with Gasteiger partial charge in [0.15, 0.2) is 0 Å². The largest absolute Gasteiger partial charge is 0.356 e. The molecular weight excluding hydrogens is 569 g/mol. The Hall–Kier alpha value is -1.42. The molecule has 0 rings (SSSR count). The Balaban J connectivity index is 3.27. The average molecular weight is 631 g/mol. The molecule has 0 atom stereocenters. The highest BCUT2D eigenvalue weighted by molar-refractivity contribution is 8.76. The van der Waals surface area contributed by atoms with Crippen molar-refractivity contribution in [2.24, 2.45) is 0 Å². The topological polar surface area (TPSA) is 116 Å². The van der Waals surface area contributed by atoms with E-state index in [2.05, 4.69) is 21.3 Å². The summed E-state index contributed by atoms with van der Waals surface area (Å²) < 4.78 is 0. The van der Waals surface area contributed by atoms with Crippen molar-refractivity contribution in [2.45, 2.75) is 142 Å². The van der Waals surface area contributed by atoms with Crippen LogP contribution in [0.2, 0.25) is 0 Å². The summed E-state index contributed by atoms with van der Waals surface area (Å²) in [5.41, 5.74) is 0. The van der Waals surface area contributed by atoms with E-state index in [1.165, 1.54) is 77.0 Å². The first-order valence-electron chi connectivity index (χ1n) is 16.7. The molecule has 8 nitrogen and oxygen atoms in total. The molecule has 0 saturated carbocycles. The number of hydrogen-bond donors (Lipinski definition) is 4. The van der Waals surface area contributed by atoms with Gasteiger partial charge in [-0.1, -0.05) is 111 Å². The van der Waals surface area contributed by atoms with E-state index >= 15 is 0 Å². The zero-order valence-corrected chi connectivity index (χ0v) is 28.5. The van der Waals surface area contributed by atoms with Crippen LogP contribution in [-0.2, 0) is 19.2 Å². The summed E-state index contributed by atoms with van der Waals surface area (Å²) >= 11 is 0. The van der Waals surface area contributed by atoms with Crippen molar-refractivity contribution in [1.82, 2.24) is 21.3 Å². The van der Waals surface area contributed by atoms with Gasteiger partial charge in [0.2, 0.25) is 23.6 Å². The van der Waals surface area contributed by atoms with Crippen molar-refractivity contribution in [2.75, 3.05) is 37.7 Å². The van der Waals surface area contributed by atoms with E-state index in [0.717, 1.165) is 63.1 Å². The minimum absolute atomic E-state index is 0.0552. The summed E-state index contributed by atoms with van der Waals surface area (Å²) in [5, 5.41) is 11.7. The fourth-order valence-electron chi connectivity index (χ4n) is 4.58. The molecule has 4 amide bonds. The van der Waals surface area contributed by atoms with Gasteiger partial charge in [0, 0.05) is 64.4 Å². The number of nitrogens with one attached hydrogen (secondary N) is 4. The van der Waals surface area contributed by atoms with Gasteiger partial charge in [-0.3, -0.25) is 19.2 Å². The Morgan fingerprint density at radius 2 is 0.667 bits per heavy atom. The lowest BCUT2D eigenvalue weighted by atomic mass is 10.1. The highest BCUT2D eigenvalue weighted by atomic mass is 33.1. The predicted octanol–water partition coefficient (Wildman–Crippen LogP) is 6.67. The third kappa shape index (κ3) is 34.8. The second kappa shape index (κ2) is 32.5. The summed E-state index contributed by atoms with van der Waals surface area (Å²) in [6.45, 7) is 6.10. The zero-order valence-electron chi connectivity index (χ0n) is 26.8. The SMILES string of the molecule is CC(=O)NCCCCCCCCCCCC(=O)NCCSSCCNC(=O)CCCCCCCCCCCNC(C)=O. The van der Waals surface area contributed by atoms with Crippen molar-refractivity contribution in [3.8, 4) is 0 Å². The fourth-order valence-corrected chi connectivity index (χ4v) is 6.40. The lowest BCUT2D eigenvalue weighted by Crippen LogP contribution is -2.26. The molecule has 0 fully saturated rings. The van der Waals surface area contributed by atoms with Crippen molar-refractivity contribution in [3.05, 3.63) is 0 Å². The van der Waals surface area contributed by atoms with Crippen LogP contribution in [0.1, 0.15) is 142 Å². The molecule has 4 N–H and O–H groups in total. The third-order valence-corrected chi connectivity index (χ3v) is 9.42. The summed E-state index contributed by atoms with van der Waals surface area (Å²) in [4.78, 5) is 45.6. The minimum Gasteiger partial charge on any atom is -0.356 e. The first-order chi connectivity index (χ1) is 20.4. The summed E-state index contributed by atoms with van der Waals surface area (Å²) in [5.74, 6) is 2.18. The van der Waals surface area contributed by atoms with E-state index in [1.54, 1.807) is 35.4 Å².